The molecule has 0 radical (unpaired) electrons. The summed E-state index contributed by atoms with van der Waals surface area (Å²) >= 11 is 0. The van der Waals surface area contributed by atoms with Crippen LogP contribution >= 0.6 is 0 Å². The molecule has 1 heterocycles. The number of nitrogens with zero attached hydrogens (tertiary/aromatic N) is 3. The van der Waals surface area contributed by atoms with Gasteiger partial charge in [0, 0.05) is 11.8 Å². The Bertz CT molecular complexity index is 1160. The van der Waals surface area contributed by atoms with Crippen LogP contribution in [0.2, 0.25) is 0 Å². The van der Waals surface area contributed by atoms with Crippen molar-refractivity contribution in [3.05, 3.63) is 112 Å². The second-order valence-electron chi connectivity index (χ2n) is 6.50. The van der Waals surface area contributed by atoms with Gasteiger partial charge in [0.1, 0.15) is 0 Å². The van der Waals surface area contributed by atoms with Crippen molar-refractivity contribution in [2.24, 2.45) is 5.10 Å². The monoisotopic (exact) mass is 353 g/mol. The standard InChI is InChI=1S/C23H19N3O/c1-17-11-13-19(14-12-17)16-24-26-23(27)21-10-6-5-9-20(21)22(25-26)15-18-7-3-2-4-8-18/h2-14,16H,15H2,1H3. The second-order valence-corrected chi connectivity index (χ2v) is 6.50. The fourth-order valence-corrected chi connectivity index (χ4v) is 3.01. The van der Waals surface area contributed by atoms with Crippen molar-refractivity contribution in [1.82, 2.24) is 9.89 Å². The lowest BCUT2D eigenvalue weighted by atomic mass is 10.0. The molecule has 27 heavy (non-hydrogen) atoms. The summed E-state index contributed by atoms with van der Waals surface area (Å²) in [5, 5.41) is 10.4. The van der Waals surface area contributed by atoms with Gasteiger partial charge in [0.05, 0.1) is 17.3 Å². The first kappa shape index (κ1) is 16.9. The molecule has 0 saturated carbocycles. The minimum absolute atomic E-state index is 0.217. The third-order valence-electron chi connectivity index (χ3n) is 4.47. The summed E-state index contributed by atoms with van der Waals surface area (Å²) in [6, 6.07) is 25.6. The largest absolute Gasteiger partial charge is 0.295 e. The van der Waals surface area contributed by atoms with Crippen molar-refractivity contribution in [2.45, 2.75) is 13.3 Å². The quantitative estimate of drug-likeness (QED) is 0.517. The van der Waals surface area contributed by atoms with Crippen LogP contribution in [0.5, 0.6) is 0 Å². The lowest BCUT2D eigenvalue weighted by Gasteiger charge is -2.08. The van der Waals surface area contributed by atoms with Gasteiger partial charge in [-0.1, -0.05) is 78.4 Å². The second kappa shape index (κ2) is 7.38. The van der Waals surface area contributed by atoms with Gasteiger partial charge in [-0.3, -0.25) is 4.79 Å². The van der Waals surface area contributed by atoms with E-state index in [4.69, 9.17) is 0 Å². The molecule has 0 bridgehead atoms. The molecule has 0 fully saturated rings. The average Bonchev–Trinajstić information content (AvgIpc) is 2.71. The maximum atomic E-state index is 12.8. The molecular formula is C23H19N3O. The number of aryl methyl sites for hydroxylation is 1. The lowest BCUT2D eigenvalue weighted by molar-refractivity contribution is 0.679. The van der Waals surface area contributed by atoms with Crippen LogP contribution in [-0.4, -0.2) is 16.1 Å². The number of hydrogen-bond acceptors (Lipinski definition) is 3. The Balaban J connectivity index is 1.79. The van der Waals surface area contributed by atoms with E-state index in [1.54, 1.807) is 6.21 Å². The Morgan fingerprint density at radius 2 is 1.56 bits per heavy atom. The summed E-state index contributed by atoms with van der Waals surface area (Å²) in [6.07, 6.45) is 2.30. The van der Waals surface area contributed by atoms with Crippen LogP contribution in [0.15, 0.2) is 88.8 Å². The first-order valence-corrected chi connectivity index (χ1v) is 8.86. The minimum atomic E-state index is -0.217. The molecule has 0 amide bonds. The van der Waals surface area contributed by atoms with Gasteiger partial charge in [-0.25, -0.2) is 0 Å². The predicted octanol–water partition coefficient (Wildman–Crippen LogP) is 4.18. The fraction of sp³-hybridized carbons (Fsp3) is 0.0870. The van der Waals surface area contributed by atoms with Crippen LogP contribution in [-0.2, 0) is 6.42 Å². The SMILES string of the molecule is Cc1ccc(C=Nn2nc(Cc3ccccc3)c3ccccc3c2=O)cc1. The van der Waals surface area contributed by atoms with E-state index in [-0.39, 0.29) is 5.56 Å². The summed E-state index contributed by atoms with van der Waals surface area (Å²) in [6.45, 7) is 2.03. The molecule has 4 aromatic rings. The first-order valence-electron chi connectivity index (χ1n) is 8.86. The average molecular weight is 353 g/mol. The van der Waals surface area contributed by atoms with Gasteiger partial charge in [0.25, 0.3) is 5.56 Å². The maximum Gasteiger partial charge on any atom is 0.295 e. The molecule has 3 aromatic carbocycles. The third-order valence-corrected chi connectivity index (χ3v) is 4.47. The summed E-state index contributed by atoms with van der Waals surface area (Å²) in [7, 11) is 0. The number of benzene rings is 3. The molecule has 0 aliphatic carbocycles. The molecule has 0 aliphatic rings. The van der Waals surface area contributed by atoms with Gasteiger partial charge in [-0.05, 0) is 24.1 Å². The predicted molar refractivity (Wildman–Crippen MR) is 109 cm³/mol. The zero-order valence-electron chi connectivity index (χ0n) is 15.0. The summed E-state index contributed by atoms with van der Waals surface area (Å²) < 4.78 is 0. The summed E-state index contributed by atoms with van der Waals surface area (Å²) in [5.41, 5.74) is 3.86. The van der Waals surface area contributed by atoms with Crippen LogP contribution in [0.4, 0.5) is 0 Å². The Kier molecular flexibility index (Phi) is 4.62. The van der Waals surface area contributed by atoms with Crippen LogP contribution in [0.3, 0.4) is 0 Å². The molecule has 0 aliphatic heterocycles. The third kappa shape index (κ3) is 3.70. The van der Waals surface area contributed by atoms with E-state index in [2.05, 4.69) is 22.3 Å². The van der Waals surface area contributed by atoms with Gasteiger partial charge in [0.2, 0.25) is 0 Å². The number of rotatable bonds is 4. The highest BCUT2D eigenvalue weighted by atomic mass is 16.1. The van der Waals surface area contributed by atoms with Crippen molar-refractivity contribution in [2.75, 3.05) is 0 Å². The Morgan fingerprint density at radius 3 is 2.30 bits per heavy atom. The highest BCUT2D eigenvalue weighted by Crippen LogP contribution is 2.16. The molecule has 0 N–H and O–H groups in total. The zero-order valence-corrected chi connectivity index (χ0v) is 15.0. The van der Waals surface area contributed by atoms with Gasteiger partial charge >= 0.3 is 0 Å². The van der Waals surface area contributed by atoms with E-state index in [0.29, 0.717) is 11.8 Å². The van der Waals surface area contributed by atoms with Crippen LogP contribution < -0.4 is 5.56 Å². The Labute approximate surface area is 157 Å². The molecule has 0 spiro atoms. The van der Waals surface area contributed by atoms with Gasteiger partial charge < -0.3 is 0 Å². The summed E-state index contributed by atoms with van der Waals surface area (Å²) in [5.74, 6) is 0. The molecule has 0 atom stereocenters. The van der Waals surface area contributed by atoms with E-state index >= 15 is 0 Å². The molecule has 1 aromatic heterocycles. The van der Waals surface area contributed by atoms with Gasteiger partial charge in [-0.15, -0.1) is 4.79 Å². The molecular weight excluding hydrogens is 334 g/mol. The van der Waals surface area contributed by atoms with Crippen LogP contribution in [0, 0.1) is 6.92 Å². The molecule has 0 unspecified atom stereocenters. The Hall–Kier alpha value is -3.53. The zero-order chi connectivity index (χ0) is 18.6. The first-order chi connectivity index (χ1) is 13.2. The number of hydrogen-bond donors (Lipinski definition) is 0. The van der Waals surface area contributed by atoms with E-state index in [1.807, 2.05) is 73.7 Å². The van der Waals surface area contributed by atoms with E-state index in [0.717, 1.165) is 22.2 Å². The normalized spacial score (nSPS) is 11.3. The molecule has 4 rings (SSSR count). The van der Waals surface area contributed by atoms with Crippen molar-refractivity contribution in [3.8, 4) is 0 Å². The van der Waals surface area contributed by atoms with Crippen LogP contribution in [0.1, 0.15) is 22.4 Å². The molecule has 4 nitrogen and oxygen atoms in total. The number of fused-ring (bicyclic) bond motifs is 1. The highest BCUT2D eigenvalue weighted by molar-refractivity contribution is 5.84. The van der Waals surface area contributed by atoms with Crippen molar-refractivity contribution >= 4 is 17.0 Å². The highest BCUT2D eigenvalue weighted by Gasteiger charge is 2.10. The Morgan fingerprint density at radius 1 is 0.889 bits per heavy atom. The molecule has 0 saturated heterocycles. The smallest absolute Gasteiger partial charge is 0.265 e. The molecule has 4 heteroatoms. The number of aromatic nitrogens is 2. The topological polar surface area (TPSA) is 47.2 Å². The van der Waals surface area contributed by atoms with E-state index in [9.17, 15) is 4.79 Å². The van der Waals surface area contributed by atoms with Gasteiger partial charge in [0.15, 0.2) is 0 Å². The van der Waals surface area contributed by atoms with Crippen molar-refractivity contribution in [1.29, 1.82) is 0 Å². The molecule has 132 valence electrons. The lowest BCUT2D eigenvalue weighted by Crippen LogP contribution is -2.21. The van der Waals surface area contributed by atoms with Crippen LogP contribution in [0.25, 0.3) is 10.8 Å². The maximum absolute atomic E-state index is 12.8. The van der Waals surface area contributed by atoms with Crippen molar-refractivity contribution < 1.29 is 0 Å². The van der Waals surface area contributed by atoms with Crippen molar-refractivity contribution in [3.63, 3.8) is 0 Å². The van der Waals surface area contributed by atoms with E-state index < -0.39 is 0 Å². The summed E-state index contributed by atoms with van der Waals surface area (Å²) in [4.78, 5) is 14.0. The van der Waals surface area contributed by atoms with Gasteiger partial charge in [-0.2, -0.15) is 10.2 Å². The fourth-order valence-electron chi connectivity index (χ4n) is 3.01. The van der Waals surface area contributed by atoms with E-state index in [1.165, 1.54) is 10.4 Å². The minimum Gasteiger partial charge on any atom is -0.265 e.